The Hall–Kier alpha value is -1.51. The molecule has 0 aliphatic rings. The minimum absolute atomic E-state index is 0.00512. The lowest BCUT2D eigenvalue weighted by molar-refractivity contribution is -0.140. The van der Waals surface area contributed by atoms with Gasteiger partial charge in [0.05, 0.1) is 13.5 Å². The van der Waals surface area contributed by atoms with Crippen LogP contribution in [0.15, 0.2) is 24.3 Å². The van der Waals surface area contributed by atoms with Crippen LogP contribution in [0.5, 0.6) is 0 Å². The lowest BCUT2D eigenvalue weighted by atomic mass is 10.2. The van der Waals surface area contributed by atoms with Gasteiger partial charge in [0.15, 0.2) is 0 Å². The van der Waals surface area contributed by atoms with E-state index < -0.39 is 22.0 Å². The van der Waals surface area contributed by atoms with Crippen molar-refractivity contribution in [2.45, 2.75) is 13.0 Å². The summed E-state index contributed by atoms with van der Waals surface area (Å²) in [5.41, 5.74) is 0.509. The molecule has 6 nitrogen and oxygen atoms in total. The van der Waals surface area contributed by atoms with E-state index in [0.717, 1.165) is 4.31 Å². The van der Waals surface area contributed by atoms with Crippen LogP contribution in [0.3, 0.4) is 0 Å². The Bertz CT molecular complexity index is 562. The van der Waals surface area contributed by atoms with Crippen molar-refractivity contribution in [3.05, 3.63) is 35.6 Å². The average Bonchev–Trinajstić information content (AvgIpc) is 2.42. The molecule has 0 radical (unpaired) electrons. The van der Waals surface area contributed by atoms with Crippen molar-refractivity contribution in [2.24, 2.45) is 0 Å². The number of carbonyl (C=O) groups excluding carboxylic acids is 1. The van der Waals surface area contributed by atoms with Gasteiger partial charge in [-0.25, -0.2) is 4.39 Å². The molecule has 0 saturated carbocycles. The van der Waals surface area contributed by atoms with Crippen LogP contribution >= 0.6 is 0 Å². The van der Waals surface area contributed by atoms with Crippen molar-refractivity contribution in [3.63, 3.8) is 0 Å². The standard InChI is InChI=1S/C12H17FN2O4S/c1-15(7-6-12(16)19-2)20(17,18)14-9-10-4-3-5-11(13)8-10/h3-5,8,14H,6-7,9H2,1-2H3. The molecule has 0 aliphatic carbocycles. The van der Waals surface area contributed by atoms with E-state index in [-0.39, 0.29) is 19.5 Å². The molecular weight excluding hydrogens is 287 g/mol. The van der Waals surface area contributed by atoms with Crippen molar-refractivity contribution in [2.75, 3.05) is 20.7 Å². The molecule has 0 aromatic heterocycles. The highest BCUT2D eigenvalue weighted by atomic mass is 32.2. The molecule has 8 heteroatoms. The largest absolute Gasteiger partial charge is 0.469 e. The number of carbonyl (C=O) groups is 1. The van der Waals surface area contributed by atoms with Crippen LogP contribution in [0.25, 0.3) is 0 Å². The second-order valence-corrected chi connectivity index (χ2v) is 5.97. The summed E-state index contributed by atoms with van der Waals surface area (Å²) in [6.07, 6.45) is -0.0339. The maximum absolute atomic E-state index is 13.0. The van der Waals surface area contributed by atoms with Gasteiger partial charge in [0.1, 0.15) is 5.82 Å². The van der Waals surface area contributed by atoms with Gasteiger partial charge in [-0.15, -0.1) is 0 Å². The summed E-state index contributed by atoms with van der Waals surface area (Å²) in [5, 5.41) is 0. The number of nitrogens with one attached hydrogen (secondary N) is 1. The summed E-state index contributed by atoms with van der Waals surface area (Å²) in [6.45, 7) is -0.0200. The zero-order valence-corrected chi connectivity index (χ0v) is 12.1. The molecule has 1 aromatic carbocycles. The van der Waals surface area contributed by atoms with Crippen LogP contribution in [0.1, 0.15) is 12.0 Å². The maximum atomic E-state index is 13.0. The molecule has 1 rings (SSSR count). The molecule has 0 heterocycles. The minimum atomic E-state index is -3.72. The Morgan fingerprint density at radius 2 is 2.15 bits per heavy atom. The number of hydrogen-bond acceptors (Lipinski definition) is 4. The van der Waals surface area contributed by atoms with Gasteiger partial charge < -0.3 is 4.74 Å². The van der Waals surface area contributed by atoms with Crippen LogP contribution in [-0.2, 0) is 26.3 Å². The minimum Gasteiger partial charge on any atom is -0.469 e. The van der Waals surface area contributed by atoms with Crippen LogP contribution in [0, 0.1) is 5.82 Å². The molecule has 0 amide bonds. The zero-order chi connectivity index (χ0) is 15.2. The molecule has 0 bridgehead atoms. The third-order valence-corrected chi connectivity index (χ3v) is 4.13. The van der Waals surface area contributed by atoms with Gasteiger partial charge in [-0.2, -0.15) is 17.4 Å². The number of halogens is 1. The number of esters is 1. The summed E-state index contributed by atoms with van der Waals surface area (Å²) in [6, 6.07) is 5.64. The highest BCUT2D eigenvalue weighted by molar-refractivity contribution is 7.87. The first-order valence-electron chi connectivity index (χ1n) is 5.87. The van der Waals surface area contributed by atoms with E-state index in [4.69, 9.17) is 0 Å². The first-order chi connectivity index (χ1) is 9.35. The quantitative estimate of drug-likeness (QED) is 0.751. The third kappa shape index (κ3) is 5.24. The van der Waals surface area contributed by atoms with E-state index in [9.17, 15) is 17.6 Å². The second-order valence-electron chi connectivity index (χ2n) is 4.10. The van der Waals surface area contributed by atoms with Gasteiger partial charge in [-0.3, -0.25) is 4.79 Å². The summed E-state index contributed by atoms with van der Waals surface area (Å²) in [5.74, 6) is -0.919. The molecule has 0 unspecified atom stereocenters. The molecule has 1 aromatic rings. The van der Waals surface area contributed by atoms with Crippen LogP contribution in [0.2, 0.25) is 0 Å². The number of methoxy groups -OCH3 is 1. The lowest BCUT2D eigenvalue weighted by Crippen LogP contribution is -2.38. The Labute approximate surface area is 117 Å². The summed E-state index contributed by atoms with van der Waals surface area (Å²) >= 11 is 0. The van der Waals surface area contributed by atoms with Gasteiger partial charge in [-0.05, 0) is 17.7 Å². The first-order valence-corrected chi connectivity index (χ1v) is 7.31. The Morgan fingerprint density at radius 3 is 2.75 bits per heavy atom. The van der Waals surface area contributed by atoms with Crippen LogP contribution in [-0.4, -0.2) is 39.4 Å². The predicted octanol–water partition coefficient (Wildman–Crippen LogP) is 0.655. The molecular formula is C12H17FN2O4S. The lowest BCUT2D eigenvalue weighted by Gasteiger charge is -2.17. The number of ether oxygens (including phenoxy) is 1. The van der Waals surface area contributed by atoms with E-state index in [1.165, 1.54) is 32.4 Å². The molecule has 1 N–H and O–H groups in total. The van der Waals surface area contributed by atoms with Gasteiger partial charge >= 0.3 is 5.97 Å². The molecule has 112 valence electrons. The van der Waals surface area contributed by atoms with E-state index in [1.54, 1.807) is 6.07 Å². The van der Waals surface area contributed by atoms with Gasteiger partial charge in [0.25, 0.3) is 10.2 Å². The monoisotopic (exact) mass is 304 g/mol. The molecule has 0 fully saturated rings. The van der Waals surface area contributed by atoms with E-state index in [0.29, 0.717) is 5.56 Å². The van der Waals surface area contributed by atoms with E-state index in [1.807, 2.05) is 0 Å². The Balaban J connectivity index is 2.54. The number of benzene rings is 1. The average molecular weight is 304 g/mol. The smallest absolute Gasteiger partial charge is 0.306 e. The van der Waals surface area contributed by atoms with Crippen molar-refractivity contribution in [1.82, 2.24) is 9.03 Å². The van der Waals surface area contributed by atoms with E-state index in [2.05, 4.69) is 9.46 Å². The predicted molar refractivity (Wildman–Crippen MR) is 71.4 cm³/mol. The summed E-state index contributed by atoms with van der Waals surface area (Å²) < 4.78 is 44.4. The SMILES string of the molecule is COC(=O)CCN(C)S(=O)(=O)NCc1cccc(F)c1. The second kappa shape index (κ2) is 7.32. The highest BCUT2D eigenvalue weighted by Gasteiger charge is 2.18. The maximum Gasteiger partial charge on any atom is 0.306 e. The fourth-order valence-corrected chi connectivity index (χ4v) is 2.30. The highest BCUT2D eigenvalue weighted by Crippen LogP contribution is 2.05. The molecule has 20 heavy (non-hydrogen) atoms. The Kier molecular flexibility index (Phi) is 6.05. The van der Waals surface area contributed by atoms with Crippen molar-refractivity contribution in [1.29, 1.82) is 0 Å². The Morgan fingerprint density at radius 1 is 1.45 bits per heavy atom. The van der Waals surface area contributed by atoms with Crippen molar-refractivity contribution in [3.8, 4) is 0 Å². The fourth-order valence-electron chi connectivity index (χ4n) is 1.40. The van der Waals surface area contributed by atoms with Crippen molar-refractivity contribution < 1.29 is 22.3 Å². The number of nitrogens with zero attached hydrogens (tertiary/aromatic N) is 1. The summed E-state index contributed by atoms with van der Waals surface area (Å²) in [7, 11) is -1.14. The van der Waals surface area contributed by atoms with Gasteiger partial charge in [0.2, 0.25) is 0 Å². The molecule has 0 aliphatic heterocycles. The normalized spacial score (nSPS) is 11.6. The molecule has 0 spiro atoms. The molecule has 0 atom stereocenters. The summed E-state index contributed by atoms with van der Waals surface area (Å²) in [4.78, 5) is 11.0. The first kappa shape index (κ1) is 16.5. The van der Waals surface area contributed by atoms with Crippen LogP contribution < -0.4 is 4.72 Å². The number of hydrogen-bond donors (Lipinski definition) is 1. The number of rotatable bonds is 7. The van der Waals surface area contributed by atoms with Crippen LogP contribution in [0.4, 0.5) is 4.39 Å². The van der Waals surface area contributed by atoms with E-state index >= 15 is 0 Å². The van der Waals surface area contributed by atoms with Gasteiger partial charge in [-0.1, -0.05) is 12.1 Å². The molecule has 0 saturated heterocycles. The fraction of sp³-hybridized carbons (Fsp3) is 0.417. The third-order valence-electron chi connectivity index (χ3n) is 2.62. The van der Waals surface area contributed by atoms with Crippen molar-refractivity contribution >= 4 is 16.2 Å². The zero-order valence-electron chi connectivity index (χ0n) is 11.3. The van der Waals surface area contributed by atoms with Gasteiger partial charge in [0, 0.05) is 20.1 Å². The topological polar surface area (TPSA) is 75.7 Å².